The van der Waals surface area contributed by atoms with E-state index in [1.165, 1.54) is 0 Å². The third-order valence-corrected chi connectivity index (χ3v) is 4.70. The lowest BCUT2D eigenvalue weighted by Gasteiger charge is -2.44. The maximum Gasteiger partial charge on any atom is 0.109 e. The van der Waals surface area contributed by atoms with Gasteiger partial charge in [0.1, 0.15) is 5.41 Å². The summed E-state index contributed by atoms with van der Waals surface area (Å²) in [5.41, 5.74) is -1.55. The molecule has 2 atom stereocenters. The average Bonchev–Trinajstić information content (AvgIpc) is 2.62. The van der Waals surface area contributed by atoms with Gasteiger partial charge in [-0.05, 0) is 45.2 Å². The van der Waals surface area contributed by atoms with Gasteiger partial charge in [0, 0.05) is 13.2 Å². The van der Waals surface area contributed by atoms with Crippen molar-refractivity contribution < 1.29 is 9.84 Å². The molecule has 0 bridgehead atoms. The third kappa shape index (κ3) is 2.40. The van der Waals surface area contributed by atoms with E-state index < -0.39 is 11.0 Å². The Bertz CT molecular complexity index is 320. The van der Waals surface area contributed by atoms with Crippen LogP contribution in [0.15, 0.2) is 0 Å². The molecule has 2 saturated heterocycles. The fourth-order valence-corrected chi connectivity index (χ4v) is 3.32. The van der Waals surface area contributed by atoms with E-state index >= 15 is 0 Å². The van der Waals surface area contributed by atoms with E-state index in [0.29, 0.717) is 13.0 Å². The largest absolute Gasteiger partial charge is 0.388 e. The van der Waals surface area contributed by atoms with E-state index in [1.54, 1.807) is 0 Å². The lowest BCUT2D eigenvalue weighted by atomic mass is 9.66. The Labute approximate surface area is 110 Å². The first-order valence-corrected chi connectivity index (χ1v) is 7.09. The van der Waals surface area contributed by atoms with Gasteiger partial charge in [0.15, 0.2) is 0 Å². The first kappa shape index (κ1) is 13.8. The summed E-state index contributed by atoms with van der Waals surface area (Å²) in [6, 6.07) is 2.39. The van der Waals surface area contributed by atoms with Crippen molar-refractivity contribution in [2.45, 2.75) is 44.6 Å². The van der Waals surface area contributed by atoms with Crippen LogP contribution in [0.2, 0.25) is 0 Å². The second kappa shape index (κ2) is 5.56. The predicted molar refractivity (Wildman–Crippen MR) is 69.0 cm³/mol. The molecule has 0 saturated carbocycles. The zero-order valence-electron chi connectivity index (χ0n) is 11.3. The maximum absolute atomic E-state index is 11.0. The minimum absolute atomic E-state index is 0.395. The molecule has 0 spiro atoms. The molecule has 0 aromatic rings. The standard InChI is InChI=1S/C14H24N2O2/c1-2-16-8-3-6-14(17,7-9-16)13(11-15)5-4-10-18-12-13/h17H,2-10,12H2,1H3. The topological polar surface area (TPSA) is 56.5 Å². The maximum atomic E-state index is 11.0. The SMILES string of the molecule is CCN1CCCC(O)(C2(C#N)CCCOC2)CC1. The van der Waals surface area contributed by atoms with Gasteiger partial charge in [-0.3, -0.25) is 0 Å². The van der Waals surface area contributed by atoms with Gasteiger partial charge in [0.2, 0.25) is 0 Å². The van der Waals surface area contributed by atoms with Gasteiger partial charge in [-0.2, -0.15) is 5.26 Å². The van der Waals surface area contributed by atoms with E-state index in [0.717, 1.165) is 51.9 Å². The van der Waals surface area contributed by atoms with E-state index in [4.69, 9.17) is 4.74 Å². The monoisotopic (exact) mass is 252 g/mol. The Morgan fingerprint density at radius 3 is 2.72 bits per heavy atom. The Kier molecular flexibility index (Phi) is 4.26. The summed E-state index contributed by atoms with van der Waals surface area (Å²) in [6.45, 7) is 6.20. The fourth-order valence-electron chi connectivity index (χ4n) is 3.32. The van der Waals surface area contributed by atoms with Crippen LogP contribution in [0.5, 0.6) is 0 Å². The second-order valence-electron chi connectivity index (χ2n) is 5.67. The summed E-state index contributed by atoms with van der Waals surface area (Å²) in [5, 5.41) is 20.6. The molecule has 1 N–H and O–H groups in total. The summed E-state index contributed by atoms with van der Waals surface area (Å²) in [6.07, 6.45) is 4.03. The zero-order chi connectivity index (χ0) is 13.1. The molecular formula is C14H24N2O2. The van der Waals surface area contributed by atoms with E-state index in [2.05, 4.69) is 17.9 Å². The number of hydrogen-bond acceptors (Lipinski definition) is 4. The highest BCUT2D eigenvalue weighted by Crippen LogP contribution is 2.44. The number of ether oxygens (including phenoxy) is 1. The van der Waals surface area contributed by atoms with Crippen LogP contribution in [0.4, 0.5) is 0 Å². The molecule has 0 aromatic carbocycles. The van der Waals surface area contributed by atoms with Crippen molar-refractivity contribution in [1.82, 2.24) is 4.90 Å². The highest BCUT2D eigenvalue weighted by Gasteiger charge is 2.52. The molecule has 0 amide bonds. The molecule has 2 unspecified atom stereocenters. The number of nitrogens with zero attached hydrogens (tertiary/aromatic N) is 2. The molecule has 2 aliphatic rings. The highest BCUT2D eigenvalue weighted by molar-refractivity contribution is 5.13. The van der Waals surface area contributed by atoms with Crippen LogP contribution in [-0.2, 0) is 4.74 Å². The van der Waals surface area contributed by atoms with Gasteiger partial charge < -0.3 is 14.7 Å². The van der Waals surface area contributed by atoms with Crippen LogP contribution >= 0.6 is 0 Å². The summed E-state index contributed by atoms with van der Waals surface area (Å²) >= 11 is 0. The van der Waals surface area contributed by atoms with Crippen molar-refractivity contribution >= 4 is 0 Å². The third-order valence-electron chi connectivity index (χ3n) is 4.70. The summed E-state index contributed by atoms with van der Waals surface area (Å²) < 4.78 is 5.49. The zero-order valence-corrected chi connectivity index (χ0v) is 11.3. The quantitative estimate of drug-likeness (QED) is 0.810. The Balaban J connectivity index is 2.15. The van der Waals surface area contributed by atoms with Gasteiger partial charge in [0.05, 0.1) is 18.3 Å². The molecule has 18 heavy (non-hydrogen) atoms. The molecule has 4 heteroatoms. The van der Waals surface area contributed by atoms with Crippen LogP contribution in [0.3, 0.4) is 0 Å². The van der Waals surface area contributed by atoms with Gasteiger partial charge >= 0.3 is 0 Å². The van der Waals surface area contributed by atoms with Crippen molar-refractivity contribution in [1.29, 1.82) is 5.26 Å². The minimum atomic E-state index is -0.869. The molecule has 0 aliphatic carbocycles. The van der Waals surface area contributed by atoms with Crippen molar-refractivity contribution in [2.75, 3.05) is 32.8 Å². The van der Waals surface area contributed by atoms with Crippen molar-refractivity contribution in [3.8, 4) is 6.07 Å². The van der Waals surface area contributed by atoms with Crippen LogP contribution in [-0.4, -0.2) is 48.5 Å². The second-order valence-corrected chi connectivity index (χ2v) is 5.67. The van der Waals surface area contributed by atoms with Gasteiger partial charge in [-0.15, -0.1) is 0 Å². The molecule has 0 aromatic heterocycles. The van der Waals surface area contributed by atoms with E-state index in [-0.39, 0.29) is 0 Å². The number of hydrogen-bond donors (Lipinski definition) is 1. The van der Waals surface area contributed by atoms with E-state index in [1.807, 2.05) is 0 Å². The first-order chi connectivity index (χ1) is 8.66. The summed E-state index contributed by atoms with van der Waals surface area (Å²) in [7, 11) is 0. The Morgan fingerprint density at radius 2 is 2.11 bits per heavy atom. The van der Waals surface area contributed by atoms with Gasteiger partial charge in [0.25, 0.3) is 0 Å². The molecule has 2 fully saturated rings. The summed E-state index contributed by atoms with van der Waals surface area (Å²) in [5.74, 6) is 0. The lowest BCUT2D eigenvalue weighted by molar-refractivity contribution is -0.125. The number of nitriles is 1. The van der Waals surface area contributed by atoms with Crippen molar-refractivity contribution in [3.63, 3.8) is 0 Å². The normalized spacial score (nSPS) is 38.9. The Hall–Kier alpha value is -0.630. The smallest absolute Gasteiger partial charge is 0.109 e. The molecule has 4 nitrogen and oxygen atoms in total. The number of rotatable bonds is 2. The number of aliphatic hydroxyl groups is 1. The number of likely N-dealkylation sites (tertiary alicyclic amines) is 1. The van der Waals surface area contributed by atoms with Crippen molar-refractivity contribution in [3.05, 3.63) is 0 Å². The van der Waals surface area contributed by atoms with Crippen LogP contribution in [0, 0.1) is 16.7 Å². The van der Waals surface area contributed by atoms with Crippen LogP contribution in [0.25, 0.3) is 0 Å². The highest BCUT2D eigenvalue weighted by atomic mass is 16.5. The Morgan fingerprint density at radius 1 is 1.28 bits per heavy atom. The molecule has 2 rings (SSSR count). The predicted octanol–water partition coefficient (Wildman–Crippen LogP) is 1.54. The summed E-state index contributed by atoms with van der Waals surface area (Å²) in [4.78, 5) is 2.35. The average molecular weight is 252 g/mol. The molecule has 2 aliphatic heterocycles. The van der Waals surface area contributed by atoms with Gasteiger partial charge in [-0.1, -0.05) is 6.92 Å². The first-order valence-electron chi connectivity index (χ1n) is 7.09. The van der Waals surface area contributed by atoms with Gasteiger partial charge in [-0.25, -0.2) is 0 Å². The molecule has 0 radical (unpaired) electrons. The minimum Gasteiger partial charge on any atom is -0.388 e. The molecular weight excluding hydrogens is 228 g/mol. The lowest BCUT2D eigenvalue weighted by Crippen LogP contribution is -2.52. The molecule has 2 heterocycles. The molecule has 102 valence electrons. The van der Waals surface area contributed by atoms with Crippen LogP contribution < -0.4 is 0 Å². The fraction of sp³-hybridized carbons (Fsp3) is 0.929. The van der Waals surface area contributed by atoms with E-state index in [9.17, 15) is 10.4 Å². The van der Waals surface area contributed by atoms with Crippen molar-refractivity contribution in [2.24, 2.45) is 5.41 Å². The van der Waals surface area contributed by atoms with Crippen LogP contribution in [0.1, 0.15) is 39.0 Å².